The van der Waals surface area contributed by atoms with Gasteiger partial charge in [-0.05, 0) is 38.8 Å². The van der Waals surface area contributed by atoms with E-state index in [4.69, 9.17) is 4.52 Å². The predicted molar refractivity (Wildman–Crippen MR) is 112 cm³/mol. The maximum absolute atomic E-state index is 5.10. The zero-order chi connectivity index (χ0) is 16.8. The Labute approximate surface area is 169 Å². The van der Waals surface area contributed by atoms with Gasteiger partial charge in [-0.3, -0.25) is 0 Å². The van der Waals surface area contributed by atoms with Crippen molar-refractivity contribution in [2.24, 2.45) is 4.99 Å². The molecule has 0 spiro atoms. The second-order valence-corrected chi connectivity index (χ2v) is 7.42. The van der Waals surface area contributed by atoms with Crippen molar-refractivity contribution < 1.29 is 4.52 Å². The zero-order valence-corrected chi connectivity index (χ0v) is 17.6. The number of hydrogen-bond donors (Lipinski definition) is 2. The minimum Gasteiger partial charge on any atom is -0.357 e. The summed E-state index contributed by atoms with van der Waals surface area (Å²) in [6.45, 7) is 5.95. The molecule has 1 aromatic heterocycles. The highest BCUT2D eigenvalue weighted by Gasteiger charge is 2.43. The van der Waals surface area contributed by atoms with Gasteiger partial charge in [-0.25, -0.2) is 4.99 Å². The van der Waals surface area contributed by atoms with Gasteiger partial charge in [0.25, 0.3) is 0 Å². The summed E-state index contributed by atoms with van der Waals surface area (Å²) in [4.78, 5) is 10.0. The first-order valence-corrected chi connectivity index (χ1v) is 9.06. The Bertz CT molecular complexity index is 687. The maximum Gasteiger partial charge on any atom is 0.248 e. The van der Waals surface area contributed by atoms with Crippen molar-refractivity contribution in [3.63, 3.8) is 0 Å². The van der Waals surface area contributed by atoms with Crippen LogP contribution in [-0.4, -0.2) is 33.9 Å². The Morgan fingerprint density at radius 3 is 2.64 bits per heavy atom. The molecule has 136 valence electrons. The minimum atomic E-state index is 0. The number of hydrogen-bond acceptors (Lipinski definition) is 5. The minimum absolute atomic E-state index is 0. The number of thioether (sulfide) groups is 1. The van der Waals surface area contributed by atoms with Crippen molar-refractivity contribution in [1.29, 1.82) is 0 Å². The van der Waals surface area contributed by atoms with Gasteiger partial charge in [-0.1, -0.05) is 23.4 Å². The SMILES string of the molecule is CCNC(=NCc1nc(C)no1)NCC1(Sc2ccccc2)CC1.I. The molecule has 8 heteroatoms. The zero-order valence-electron chi connectivity index (χ0n) is 14.5. The van der Waals surface area contributed by atoms with Gasteiger partial charge in [-0.15, -0.1) is 35.7 Å². The van der Waals surface area contributed by atoms with Crippen molar-refractivity contribution >= 4 is 41.7 Å². The third-order valence-corrected chi connectivity index (χ3v) is 5.24. The molecule has 1 aliphatic carbocycles. The van der Waals surface area contributed by atoms with E-state index in [2.05, 4.69) is 63.0 Å². The first-order chi connectivity index (χ1) is 11.7. The summed E-state index contributed by atoms with van der Waals surface area (Å²) in [7, 11) is 0. The van der Waals surface area contributed by atoms with Crippen molar-refractivity contribution in [2.45, 2.75) is 42.9 Å². The number of halogens is 1. The second kappa shape index (κ2) is 9.42. The summed E-state index contributed by atoms with van der Waals surface area (Å²) in [6.07, 6.45) is 2.45. The van der Waals surface area contributed by atoms with Gasteiger partial charge >= 0.3 is 0 Å². The van der Waals surface area contributed by atoms with E-state index in [1.165, 1.54) is 17.7 Å². The Morgan fingerprint density at radius 2 is 2.04 bits per heavy atom. The number of aromatic nitrogens is 2. The number of aliphatic imine (C=N–C) groups is 1. The molecule has 1 aromatic carbocycles. The summed E-state index contributed by atoms with van der Waals surface area (Å²) in [5.41, 5.74) is 0. The van der Waals surface area contributed by atoms with Crippen LogP contribution in [0.4, 0.5) is 0 Å². The molecule has 0 saturated heterocycles. The summed E-state index contributed by atoms with van der Waals surface area (Å²) in [6, 6.07) is 10.6. The van der Waals surface area contributed by atoms with E-state index in [1.807, 2.05) is 11.8 Å². The number of guanidine groups is 1. The Kier molecular flexibility index (Phi) is 7.55. The van der Waals surface area contributed by atoms with E-state index in [-0.39, 0.29) is 28.7 Å². The maximum atomic E-state index is 5.10. The average molecular weight is 473 g/mol. The van der Waals surface area contributed by atoms with E-state index in [0.717, 1.165) is 19.0 Å². The molecule has 1 aliphatic rings. The van der Waals surface area contributed by atoms with Crippen LogP contribution in [0.2, 0.25) is 0 Å². The van der Waals surface area contributed by atoms with E-state index in [9.17, 15) is 0 Å². The van der Waals surface area contributed by atoms with Crippen molar-refractivity contribution in [3.8, 4) is 0 Å². The van der Waals surface area contributed by atoms with Crippen molar-refractivity contribution in [2.75, 3.05) is 13.1 Å². The van der Waals surface area contributed by atoms with Gasteiger partial charge in [0, 0.05) is 22.7 Å². The summed E-state index contributed by atoms with van der Waals surface area (Å²) in [5, 5.41) is 10.5. The molecule has 0 aliphatic heterocycles. The number of rotatable bonds is 7. The lowest BCUT2D eigenvalue weighted by atomic mass is 10.4. The lowest BCUT2D eigenvalue weighted by Crippen LogP contribution is -2.41. The fraction of sp³-hybridized carbons (Fsp3) is 0.471. The molecular formula is C17H24IN5OS. The highest BCUT2D eigenvalue weighted by Crippen LogP contribution is 2.51. The topological polar surface area (TPSA) is 75.3 Å². The van der Waals surface area contributed by atoms with Gasteiger partial charge in [0.2, 0.25) is 5.89 Å². The molecule has 0 radical (unpaired) electrons. The largest absolute Gasteiger partial charge is 0.357 e. The molecule has 0 amide bonds. The number of benzene rings is 1. The van der Waals surface area contributed by atoms with E-state index in [1.54, 1.807) is 6.92 Å². The first-order valence-electron chi connectivity index (χ1n) is 8.24. The molecule has 0 bridgehead atoms. The van der Waals surface area contributed by atoms with Crippen LogP contribution in [0.3, 0.4) is 0 Å². The third kappa shape index (κ3) is 6.18. The highest BCUT2D eigenvalue weighted by molar-refractivity contribution is 14.0. The highest BCUT2D eigenvalue weighted by atomic mass is 127. The van der Waals surface area contributed by atoms with E-state index in [0.29, 0.717) is 18.3 Å². The van der Waals surface area contributed by atoms with Gasteiger partial charge in [-0.2, -0.15) is 4.98 Å². The fourth-order valence-electron chi connectivity index (χ4n) is 2.33. The molecule has 3 rings (SSSR count). The number of nitrogens with one attached hydrogen (secondary N) is 2. The van der Waals surface area contributed by atoms with Crippen LogP contribution in [0.15, 0.2) is 44.7 Å². The van der Waals surface area contributed by atoms with E-state index < -0.39 is 0 Å². The Morgan fingerprint density at radius 1 is 1.28 bits per heavy atom. The third-order valence-electron chi connectivity index (χ3n) is 3.75. The molecule has 2 N–H and O–H groups in total. The van der Waals surface area contributed by atoms with Gasteiger partial charge < -0.3 is 15.2 Å². The van der Waals surface area contributed by atoms with Crippen LogP contribution >= 0.6 is 35.7 Å². The Balaban J connectivity index is 0.00000225. The molecule has 6 nitrogen and oxygen atoms in total. The summed E-state index contributed by atoms with van der Waals surface area (Å²) >= 11 is 1.95. The fourth-order valence-corrected chi connectivity index (χ4v) is 3.57. The first kappa shape index (κ1) is 20.0. The van der Waals surface area contributed by atoms with Crippen LogP contribution in [0.1, 0.15) is 31.5 Å². The monoisotopic (exact) mass is 473 g/mol. The number of nitrogens with zero attached hydrogens (tertiary/aromatic N) is 3. The van der Waals surface area contributed by atoms with Gasteiger partial charge in [0.15, 0.2) is 11.8 Å². The van der Waals surface area contributed by atoms with Crippen LogP contribution in [0.5, 0.6) is 0 Å². The summed E-state index contributed by atoms with van der Waals surface area (Å²) in [5.74, 6) is 1.95. The smallest absolute Gasteiger partial charge is 0.248 e. The molecular weight excluding hydrogens is 449 g/mol. The van der Waals surface area contributed by atoms with Crippen LogP contribution in [-0.2, 0) is 6.54 Å². The standard InChI is InChI=1S/C17H23N5OS.HI/c1-3-18-16(19-11-15-21-13(2)22-23-15)20-12-17(9-10-17)24-14-7-5-4-6-8-14;/h4-8H,3,9-12H2,1-2H3,(H2,18,19,20);1H. The Hall–Kier alpha value is -1.29. The number of aryl methyl sites for hydroxylation is 1. The quantitative estimate of drug-likeness (QED) is 0.365. The van der Waals surface area contributed by atoms with E-state index >= 15 is 0 Å². The molecule has 0 unspecified atom stereocenters. The van der Waals surface area contributed by atoms with Crippen LogP contribution in [0, 0.1) is 6.92 Å². The molecule has 1 fully saturated rings. The average Bonchev–Trinajstić information content (AvgIpc) is 3.22. The van der Waals surface area contributed by atoms with Crippen molar-refractivity contribution in [3.05, 3.63) is 42.0 Å². The molecule has 25 heavy (non-hydrogen) atoms. The van der Waals surface area contributed by atoms with Gasteiger partial charge in [0.05, 0.1) is 0 Å². The molecule has 1 saturated carbocycles. The lowest BCUT2D eigenvalue weighted by Gasteiger charge is -2.18. The van der Waals surface area contributed by atoms with Crippen molar-refractivity contribution in [1.82, 2.24) is 20.8 Å². The summed E-state index contributed by atoms with van der Waals surface area (Å²) < 4.78 is 5.38. The lowest BCUT2D eigenvalue weighted by molar-refractivity contribution is 0.376. The van der Waals surface area contributed by atoms with Gasteiger partial charge in [0.1, 0.15) is 6.54 Å². The van der Waals surface area contributed by atoms with Crippen LogP contribution < -0.4 is 10.6 Å². The molecule has 0 atom stereocenters. The molecule has 2 aromatic rings. The molecule has 1 heterocycles. The van der Waals surface area contributed by atoms with Crippen LogP contribution in [0.25, 0.3) is 0 Å². The normalized spacial score (nSPS) is 15.4. The second-order valence-electron chi connectivity index (χ2n) is 5.88. The predicted octanol–water partition coefficient (Wildman–Crippen LogP) is 3.38.